The number of rotatable bonds is 8. The molecule has 0 spiro atoms. The normalized spacial score (nSPS) is 20.0. The molecule has 0 fully saturated rings. The molecule has 1 aliphatic carbocycles. The highest BCUT2D eigenvalue weighted by molar-refractivity contribution is 6.09. The SMILES string of the molecule is CC1=NC2=C(C(=O)CC(c3ccccc3)C2)C(c2ccccc2OCc2ccccc2)C1C(=O)OCc1ccccc1. The molecule has 5 nitrogen and oxygen atoms in total. The Balaban J connectivity index is 1.38. The quantitative estimate of drug-likeness (QED) is 0.210. The molecule has 0 bridgehead atoms. The minimum Gasteiger partial charge on any atom is -0.489 e. The average Bonchev–Trinajstić information content (AvgIpc) is 3.03. The highest BCUT2D eigenvalue weighted by atomic mass is 16.5. The van der Waals surface area contributed by atoms with Crippen LogP contribution >= 0.6 is 0 Å². The van der Waals surface area contributed by atoms with Gasteiger partial charge < -0.3 is 9.47 Å². The average molecular weight is 556 g/mol. The summed E-state index contributed by atoms with van der Waals surface area (Å²) in [5.41, 5.74) is 5.86. The van der Waals surface area contributed by atoms with Crippen molar-refractivity contribution >= 4 is 17.5 Å². The second-order valence-electron chi connectivity index (χ2n) is 10.9. The van der Waals surface area contributed by atoms with E-state index in [1.807, 2.05) is 110 Å². The number of esters is 1. The smallest absolute Gasteiger partial charge is 0.315 e. The number of benzene rings is 4. The summed E-state index contributed by atoms with van der Waals surface area (Å²) in [4.78, 5) is 32.8. The number of hydrogen-bond donors (Lipinski definition) is 0. The molecule has 1 heterocycles. The number of para-hydroxylation sites is 1. The van der Waals surface area contributed by atoms with Crippen molar-refractivity contribution in [1.82, 2.24) is 0 Å². The lowest BCUT2D eigenvalue weighted by atomic mass is 9.69. The summed E-state index contributed by atoms with van der Waals surface area (Å²) in [6.07, 6.45) is 1.00. The number of Topliss-reactive ketones (excluding diaryl/α,β-unsaturated/α-hetero) is 1. The lowest BCUT2D eigenvalue weighted by Crippen LogP contribution is -2.38. The van der Waals surface area contributed by atoms with Crippen molar-refractivity contribution in [2.45, 2.75) is 44.8 Å². The minimum absolute atomic E-state index is 0.0186. The Bertz CT molecular complexity index is 1630. The van der Waals surface area contributed by atoms with Gasteiger partial charge >= 0.3 is 5.97 Å². The largest absolute Gasteiger partial charge is 0.489 e. The van der Waals surface area contributed by atoms with Gasteiger partial charge in [0, 0.05) is 34.9 Å². The maximum Gasteiger partial charge on any atom is 0.315 e. The molecule has 0 amide bonds. The number of nitrogens with zero attached hydrogens (tertiary/aromatic N) is 1. The van der Waals surface area contributed by atoms with Gasteiger partial charge in [0.1, 0.15) is 24.9 Å². The van der Waals surface area contributed by atoms with Gasteiger partial charge in [-0.1, -0.05) is 109 Å². The van der Waals surface area contributed by atoms with E-state index in [2.05, 4.69) is 12.1 Å². The number of aliphatic imine (C=N–C) groups is 1. The fourth-order valence-corrected chi connectivity index (χ4v) is 6.08. The molecule has 0 saturated heterocycles. The lowest BCUT2D eigenvalue weighted by molar-refractivity contribution is -0.148. The van der Waals surface area contributed by atoms with E-state index in [0.29, 0.717) is 36.5 Å². The molecular formula is C37H33NO4. The molecule has 4 aromatic carbocycles. The van der Waals surface area contributed by atoms with Crippen LogP contribution in [0.15, 0.2) is 132 Å². The van der Waals surface area contributed by atoms with E-state index < -0.39 is 17.8 Å². The summed E-state index contributed by atoms with van der Waals surface area (Å²) in [7, 11) is 0. The lowest BCUT2D eigenvalue weighted by Gasteiger charge is -2.37. The van der Waals surface area contributed by atoms with Gasteiger partial charge in [-0.15, -0.1) is 0 Å². The fourth-order valence-electron chi connectivity index (χ4n) is 6.08. The second kappa shape index (κ2) is 12.4. The second-order valence-corrected chi connectivity index (χ2v) is 10.9. The van der Waals surface area contributed by atoms with Crippen molar-refractivity contribution in [2.24, 2.45) is 10.9 Å². The summed E-state index contributed by atoms with van der Waals surface area (Å²) in [5.74, 6) is -0.992. The monoisotopic (exact) mass is 555 g/mol. The maximum absolute atomic E-state index is 14.0. The number of ketones is 1. The van der Waals surface area contributed by atoms with Gasteiger partial charge in [0.15, 0.2) is 5.78 Å². The van der Waals surface area contributed by atoms with Crippen LogP contribution in [0, 0.1) is 5.92 Å². The van der Waals surface area contributed by atoms with Crippen LogP contribution in [0.2, 0.25) is 0 Å². The molecule has 42 heavy (non-hydrogen) atoms. The zero-order chi connectivity index (χ0) is 28.9. The van der Waals surface area contributed by atoms with Crippen molar-refractivity contribution < 1.29 is 19.1 Å². The molecular weight excluding hydrogens is 522 g/mol. The maximum atomic E-state index is 14.0. The summed E-state index contributed by atoms with van der Waals surface area (Å²) < 4.78 is 12.2. The highest BCUT2D eigenvalue weighted by Gasteiger charge is 2.45. The summed E-state index contributed by atoms with van der Waals surface area (Å²) in [6, 6.07) is 37.4. The van der Waals surface area contributed by atoms with Crippen LogP contribution < -0.4 is 4.74 Å². The first-order chi connectivity index (χ1) is 20.6. The Morgan fingerprint density at radius 1 is 0.762 bits per heavy atom. The third kappa shape index (κ3) is 5.82. The molecule has 210 valence electrons. The Morgan fingerprint density at radius 2 is 1.36 bits per heavy atom. The molecule has 4 aromatic rings. The Labute approximate surface area is 246 Å². The zero-order valence-electron chi connectivity index (χ0n) is 23.6. The first kappa shape index (κ1) is 27.4. The van der Waals surface area contributed by atoms with Crippen LogP contribution in [0.25, 0.3) is 0 Å². The molecule has 6 rings (SSSR count). The first-order valence-corrected chi connectivity index (χ1v) is 14.4. The molecule has 3 atom stereocenters. The predicted molar refractivity (Wildman–Crippen MR) is 163 cm³/mol. The van der Waals surface area contributed by atoms with Crippen LogP contribution in [0.4, 0.5) is 0 Å². The van der Waals surface area contributed by atoms with E-state index in [1.165, 1.54) is 0 Å². The van der Waals surface area contributed by atoms with E-state index >= 15 is 0 Å². The Morgan fingerprint density at radius 3 is 2.05 bits per heavy atom. The Kier molecular flexibility index (Phi) is 8.09. The van der Waals surface area contributed by atoms with Gasteiger partial charge in [0.05, 0.1) is 0 Å². The molecule has 2 aliphatic rings. The number of allylic oxidation sites excluding steroid dienone is 2. The number of hydrogen-bond acceptors (Lipinski definition) is 5. The van der Waals surface area contributed by atoms with Gasteiger partial charge in [0.25, 0.3) is 0 Å². The van der Waals surface area contributed by atoms with Gasteiger partial charge in [-0.05, 0) is 42.0 Å². The van der Waals surface area contributed by atoms with E-state index in [1.54, 1.807) is 0 Å². The zero-order valence-corrected chi connectivity index (χ0v) is 23.6. The van der Waals surface area contributed by atoms with Crippen molar-refractivity contribution in [2.75, 3.05) is 0 Å². The standard InChI is InChI=1S/C37H33NO4/c1-25-34(37(40)42-24-27-15-7-3-8-16-27)35(30-19-11-12-20-33(30)41-23-26-13-5-2-6-14-26)36-31(38-25)21-29(22-32(36)39)28-17-9-4-10-18-28/h2-20,29,34-35H,21-24H2,1H3. The van der Waals surface area contributed by atoms with Crippen molar-refractivity contribution in [3.63, 3.8) is 0 Å². The van der Waals surface area contributed by atoms with Gasteiger partial charge in [-0.3, -0.25) is 14.6 Å². The van der Waals surface area contributed by atoms with Crippen molar-refractivity contribution in [1.29, 1.82) is 0 Å². The van der Waals surface area contributed by atoms with E-state index in [-0.39, 0.29) is 18.3 Å². The summed E-state index contributed by atoms with van der Waals surface area (Å²) in [5, 5.41) is 0. The third-order valence-corrected chi connectivity index (χ3v) is 8.13. The van der Waals surface area contributed by atoms with Crippen LogP contribution in [-0.2, 0) is 27.5 Å². The molecule has 3 unspecified atom stereocenters. The molecule has 0 radical (unpaired) electrons. The first-order valence-electron chi connectivity index (χ1n) is 14.4. The molecule has 0 aromatic heterocycles. The predicted octanol–water partition coefficient (Wildman–Crippen LogP) is 7.58. The summed E-state index contributed by atoms with van der Waals surface area (Å²) in [6.45, 7) is 2.39. The molecule has 0 N–H and O–H groups in total. The van der Waals surface area contributed by atoms with E-state index in [0.717, 1.165) is 28.0 Å². The van der Waals surface area contributed by atoms with Crippen LogP contribution in [0.5, 0.6) is 5.75 Å². The fraction of sp³-hybridized carbons (Fsp3) is 0.216. The topological polar surface area (TPSA) is 65.0 Å². The van der Waals surface area contributed by atoms with E-state index in [4.69, 9.17) is 14.5 Å². The van der Waals surface area contributed by atoms with Gasteiger partial charge in [0.2, 0.25) is 0 Å². The molecule has 0 saturated carbocycles. The highest BCUT2D eigenvalue weighted by Crippen LogP contribution is 2.48. The summed E-state index contributed by atoms with van der Waals surface area (Å²) >= 11 is 0. The van der Waals surface area contributed by atoms with Gasteiger partial charge in [-0.2, -0.15) is 0 Å². The van der Waals surface area contributed by atoms with E-state index in [9.17, 15) is 9.59 Å². The van der Waals surface area contributed by atoms with Crippen LogP contribution in [-0.4, -0.2) is 17.5 Å². The number of carbonyl (C=O) groups excluding carboxylic acids is 2. The Hall–Kier alpha value is -4.77. The molecule has 5 heteroatoms. The molecule has 1 aliphatic heterocycles. The third-order valence-electron chi connectivity index (χ3n) is 8.13. The van der Waals surface area contributed by atoms with Crippen molar-refractivity contribution in [3.8, 4) is 5.75 Å². The van der Waals surface area contributed by atoms with Gasteiger partial charge in [-0.25, -0.2) is 0 Å². The minimum atomic E-state index is -0.744. The number of ether oxygens (including phenoxy) is 2. The van der Waals surface area contributed by atoms with Crippen LogP contribution in [0.1, 0.15) is 53.9 Å². The number of carbonyl (C=O) groups is 2. The van der Waals surface area contributed by atoms with Crippen molar-refractivity contribution in [3.05, 3.63) is 149 Å². The van der Waals surface area contributed by atoms with Crippen LogP contribution in [0.3, 0.4) is 0 Å².